The summed E-state index contributed by atoms with van der Waals surface area (Å²) in [4.78, 5) is 3.94. The number of H-pyrrole nitrogens is 1. The summed E-state index contributed by atoms with van der Waals surface area (Å²) in [6.45, 7) is 2.81. The standard InChI is InChI=1S/C9H12BrN5O/c1-2-3-15-7(6(10)4-13-15)8(16)9-11-5-12-14-9/h4-5,8,16H,2-3H2,1H3,(H,11,12,14). The van der Waals surface area contributed by atoms with Gasteiger partial charge in [-0.25, -0.2) is 4.98 Å². The van der Waals surface area contributed by atoms with E-state index in [2.05, 4.69) is 43.1 Å². The third-order valence-electron chi connectivity index (χ3n) is 2.22. The summed E-state index contributed by atoms with van der Waals surface area (Å²) in [6, 6.07) is 0. The highest BCUT2D eigenvalue weighted by atomic mass is 79.9. The first-order valence-electron chi connectivity index (χ1n) is 4.98. The van der Waals surface area contributed by atoms with E-state index in [-0.39, 0.29) is 0 Å². The van der Waals surface area contributed by atoms with E-state index in [4.69, 9.17) is 0 Å². The Bertz CT molecular complexity index is 452. The van der Waals surface area contributed by atoms with Gasteiger partial charge in [0.25, 0.3) is 0 Å². The number of aryl methyl sites for hydroxylation is 1. The molecule has 0 aliphatic rings. The minimum atomic E-state index is -0.842. The van der Waals surface area contributed by atoms with Crippen molar-refractivity contribution in [3.05, 3.63) is 28.5 Å². The highest BCUT2D eigenvalue weighted by molar-refractivity contribution is 9.10. The third kappa shape index (κ3) is 2.00. The molecule has 0 aliphatic heterocycles. The number of nitrogens with one attached hydrogen (secondary N) is 1. The molecule has 0 amide bonds. The lowest BCUT2D eigenvalue weighted by Gasteiger charge is -2.11. The predicted octanol–water partition coefficient (Wildman–Crippen LogP) is 1.26. The number of halogens is 1. The molecule has 0 fully saturated rings. The molecule has 6 nitrogen and oxygen atoms in total. The second-order valence-electron chi connectivity index (χ2n) is 3.37. The van der Waals surface area contributed by atoms with Crippen molar-refractivity contribution in [3.8, 4) is 0 Å². The van der Waals surface area contributed by atoms with Crippen molar-refractivity contribution in [1.29, 1.82) is 0 Å². The number of hydrogen-bond acceptors (Lipinski definition) is 4. The van der Waals surface area contributed by atoms with Crippen LogP contribution >= 0.6 is 15.9 Å². The van der Waals surface area contributed by atoms with Crippen molar-refractivity contribution in [2.45, 2.75) is 26.0 Å². The van der Waals surface area contributed by atoms with Crippen LogP contribution in [0.25, 0.3) is 0 Å². The largest absolute Gasteiger partial charge is 0.379 e. The van der Waals surface area contributed by atoms with Gasteiger partial charge in [0.15, 0.2) is 11.9 Å². The molecule has 2 N–H and O–H groups in total. The van der Waals surface area contributed by atoms with Crippen LogP contribution in [0.2, 0.25) is 0 Å². The van der Waals surface area contributed by atoms with E-state index in [1.807, 2.05) is 0 Å². The number of rotatable bonds is 4. The van der Waals surface area contributed by atoms with Gasteiger partial charge in [-0.05, 0) is 22.4 Å². The molecule has 2 rings (SSSR count). The molecule has 1 atom stereocenters. The number of aromatic nitrogens is 5. The molecule has 0 saturated heterocycles. The van der Waals surface area contributed by atoms with Gasteiger partial charge in [-0.1, -0.05) is 6.92 Å². The van der Waals surface area contributed by atoms with Crippen molar-refractivity contribution < 1.29 is 5.11 Å². The number of aliphatic hydroxyl groups is 1. The summed E-state index contributed by atoms with van der Waals surface area (Å²) in [7, 11) is 0. The fourth-order valence-corrected chi connectivity index (χ4v) is 2.02. The third-order valence-corrected chi connectivity index (χ3v) is 2.83. The molecule has 86 valence electrons. The van der Waals surface area contributed by atoms with E-state index in [0.717, 1.165) is 17.4 Å². The first-order chi connectivity index (χ1) is 7.74. The monoisotopic (exact) mass is 285 g/mol. The summed E-state index contributed by atoms with van der Waals surface area (Å²) >= 11 is 3.37. The minimum Gasteiger partial charge on any atom is -0.379 e. The number of hydrogen-bond donors (Lipinski definition) is 2. The average Bonchev–Trinajstić information content (AvgIpc) is 2.88. The quantitative estimate of drug-likeness (QED) is 0.886. The zero-order valence-electron chi connectivity index (χ0n) is 8.76. The normalized spacial score (nSPS) is 12.9. The van der Waals surface area contributed by atoms with Crippen LogP contribution in [0.4, 0.5) is 0 Å². The number of nitrogens with zero attached hydrogens (tertiary/aromatic N) is 4. The van der Waals surface area contributed by atoms with Crippen molar-refractivity contribution in [2.75, 3.05) is 0 Å². The Hall–Kier alpha value is -1.21. The van der Waals surface area contributed by atoms with Crippen LogP contribution in [0.3, 0.4) is 0 Å². The molecule has 0 saturated carbocycles. The van der Waals surface area contributed by atoms with Crippen molar-refractivity contribution >= 4 is 15.9 Å². The Morgan fingerprint density at radius 3 is 3.06 bits per heavy atom. The fourth-order valence-electron chi connectivity index (χ4n) is 1.51. The molecule has 16 heavy (non-hydrogen) atoms. The van der Waals surface area contributed by atoms with Crippen LogP contribution < -0.4 is 0 Å². The summed E-state index contributed by atoms with van der Waals surface area (Å²) in [5.41, 5.74) is 0.693. The lowest BCUT2D eigenvalue weighted by Crippen LogP contribution is -2.11. The summed E-state index contributed by atoms with van der Waals surface area (Å²) in [5, 5.41) is 20.7. The maximum Gasteiger partial charge on any atom is 0.159 e. The summed E-state index contributed by atoms with van der Waals surface area (Å²) < 4.78 is 2.53. The maximum absolute atomic E-state index is 10.1. The van der Waals surface area contributed by atoms with E-state index >= 15 is 0 Å². The predicted molar refractivity (Wildman–Crippen MR) is 60.7 cm³/mol. The fraction of sp³-hybridized carbons (Fsp3) is 0.444. The molecule has 2 aromatic rings. The average molecular weight is 286 g/mol. The van der Waals surface area contributed by atoms with E-state index in [0.29, 0.717) is 11.5 Å². The smallest absolute Gasteiger partial charge is 0.159 e. The van der Waals surface area contributed by atoms with Gasteiger partial charge in [0.2, 0.25) is 0 Å². The lowest BCUT2D eigenvalue weighted by atomic mass is 10.2. The van der Waals surface area contributed by atoms with Crippen LogP contribution in [0.15, 0.2) is 17.0 Å². The van der Waals surface area contributed by atoms with Gasteiger partial charge in [0.1, 0.15) is 6.33 Å². The van der Waals surface area contributed by atoms with Crippen LogP contribution in [0.1, 0.15) is 31.0 Å². The zero-order chi connectivity index (χ0) is 11.5. The Balaban J connectivity index is 2.35. The molecule has 2 heterocycles. The Morgan fingerprint density at radius 1 is 1.62 bits per heavy atom. The van der Waals surface area contributed by atoms with Gasteiger partial charge in [0.05, 0.1) is 16.4 Å². The molecule has 0 radical (unpaired) electrons. The van der Waals surface area contributed by atoms with Gasteiger partial charge < -0.3 is 5.11 Å². The molecule has 1 unspecified atom stereocenters. The summed E-state index contributed by atoms with van der Waals surface area (Å²) in [5.74, 6) is 0.415. The van der Waals surface area contributed by atoms with Crippen molar-refractivity contribution in [2.24, 2.45) is 0 Å². The molecular weight excluding hydrogens is 274 g/mol. The molecule has 7 heteroatoms. The lowest BCUT2D eigenvalue weighted by molar-refractivity contribution is 0.197. The van der Waals surface area contributed by atoms with Gasteiger partial charge in [-0.2, -0.15) is 10.2 Å². The van der Waals surface area contributed by atoms with Crippen LogP contribution in [-0.4, -0.2) is 30.1 Å². The molecule has 0 aromatic carbocycles. The topological polar surface area (TPSA) is 79.6 Å². The first-order valence-corrected chi connectivity index (χ1v) is 5.77. The number of aliphatic hydroxyl groups excluding tert-OH is 1. The van der Waals surface area contributed by atoms with Crippen LogP contribution in [-0.2, 0) is 6.54 Å². The van der Waals surface area contributed by atoms with Crippen molar-refractivity contribution in [3.63, 3.8) is 0 Å². The first kappa shape index (κ1) is 11.3. The molecule has 0 aliphatic carbocycles. The van der Waals surface area contributed by atoms with Gasteiger partial charge >= 0.3 is 0 Å². The van der Waals surface area contributed by atoms with Crippen molar-refractivity contribution in [1.82, 2.24) is 25.0 Å². The van der Waals surface area contributed by atoms with Gasteiger partial charge in [-0.3, -0.25) is 9.78 Å². The van der Waals surface area contributed by atoms with E-state index < -0.39 is 6.10 Å². The Labute approximate surface area is 101 Å². The second-order valence-corrected chi connectivity index (χ2v) is 4.23. The SMILES string of the molecule is CCCn1ncc(Br)c1C(O)c1ncn[nH]1. The summed E-state index contributed by atoms with van der Waals surface area (Å²) in [6.07, 6.45) is 3.15. The zero-order valence-corrected chi connectivity index (χ0v) is 10.3. The Morgan fingerprint density at radius 2 is 2.44 bits per heavy atom. The number of aromatic amines is 1. The Kier molecular flexibility index (Phi) is 3.35. The molecule has 0 spiro atoms. The second kappa shape index (κ2) is 4.75. The minimum absolute atomic E-state index is 0.415. The molecular formula is C9H12BrN5O. The highest BCUT2D eigenvalue weighted by Crippen LogP contribution is 2.26. The van der Waals surface area contributed by atoms with Gasteiger partial charge in [0, 0.05) is 6.54 Å². The maximum atomic E-state index is 10.1. The highest BCUT2D eigenvalue weighted by Gasteiger charge is 2.21. The van der Waals surface area contributed by atoms with E-state index in [9.17, 15) is 5.11 Å². The van der Waals surface area contributed by atoms with E-state index in [1.54, 1.807) is 10.9 Å². The van der Waals surface area contributed by atoms with Crippen LogP contribution in [0, 0.1) is 0 Å². The van der Waals surface area contributed by atoms with Gasteiger partial charge in [-0.15, -0.1) is 0 Å². The molecule has 2 aromatic heterocycles. The van der Waals surface area contributed by atoms with Crippen LogP contribution in [0.5, 0.6) is 0 Å². The molecule has 0 bridgehead atoms. The van der Waals surface area contributed by atoms with E-state index in [1.165, 1.54) is 6.33 Å².